The summed E-state index contributed by atoms with van der Waals surface area (Å²) in [7, 11) is 0. The second-order valence-electron chi connectivity index (χ2n) is 4.36. The molecule has 3 aromatic rings. The predicted octanol–water partition coefficient (Wildman–Crippen LogP) is 2.80. The highest BCUT2D eigenvalue weighted by Crippen LogP contribution is 2.22. The largest absolute Gasteiger partial charge is 0.362 e. The Hall–Kier alpha value is -2.57. The van der Waals surface area contributed by atoms with Crippen LogP contribution in [0.5, 0.6) is 0 Å². The number of hydrogen-bond acceptors (Lipinski definition) is 4. The van der Waals surface area contributed by atoms with E-state index in [0.717, 1.165) is 6.07 Å². The Labute approximate surface area is 113 Å². The fourth-order valence-electron chi connectivity index (χ4n) is 1.94. The van der Waals surface area contributed by atoms with E-state index < -0.39 is 11.6 Å². The van der Waals surface area contributed by atoms with Crippen LogP contribution in [0.4, 0.5) is 14.6 Å². The van der Waals surface area contributed by atoms with Crippen LogP contribution in [0.25, 0.3) is 11.2 Å². The quantitative estimate of drug-likeness (QED) is 0.771. The molecule has 0 bridgehead atoms. The second-order valence-corrected chi connectivity index (χ2v) is 4.36. The van der Waals surface area contributed by atoms with Crippen LogP contribution in [0.2, 0.25) is 0 Å². The van der Waals surface area contributed by atoms with Gasteiger partial charge in [0.15, 0.2) is 23.1 Å². The number of rotatable bonds is 3. The van der Waals surface area contributed by atoms with Gasteiger partial charge in [-0.25, -0.2) is 23.7 Å². The third-order valence-electron chi connectivity index (χ3n) is 3.02. The minimum absolute atomic E-state index is 0.244. The maximum atomic E-state index is 13.2. The average Bonchev–Trinajstić information content (AvgIpc) is 2.91. The van der Waals surface area contributed by atoms with E-state index in [9.17, 15) is 8.78 Å². The fourth-order valence-corrected chi connectivity index (χ4v) is 1.94. The maximum Gasteiger partial charge on any atom is 0.182 e. The lowest BCUT2D eigenvalue weighted by Crippen LogP contribution is -2.09. The van der Waals surface area contributed by atoms with Gasteiger partial charge in [-0.15, -0.1) is 0 Å². The third kappa shape index (κ3) is 2.18. The van der Waals surface area contributed by atoms with E-state index in [2.05, 4.69) is 25.3 Å². The first-order chi connectivity index (χ1) is 9.65. The Bertz CT molecular complexity index is 755. The molecule has 0 aliphatic rings. The SMILES string of the molecule is C[C@H](Nc1ncnc2nc[nH]c12)c1ccc(F)c(F)c1. The van der Waals surface area contributed by atoms with Crippen molar-refractivity contribution >= 4 is 17.0 Å². The van der Waals surface area contributed by atoms with E-state index >= 15 is 0 Å². The van der Waals surface area contributed by atoms with Crippen LogP contribution >= 0.6 is 0 Å². The molecule has 1 aromatic carbocycles. The Kier molecular flexibility index (Phi) is 3.02. The summed E-state index contributed by atoms with van der Waals surface area (Å²) in [4.78, 5) is 15.1. The van der Waals surface area contributed by atoms with Crippen molar-refractivity contribution in [1.29, 1.82) is 0 Å². The fraction of sp³-hybridized carbons (Fsp3) is 0.154. The maximum absolute atomic E-state index is 13.2. The third-order valence-corrected chi connectivity index (χ3v) is 3.02. The topological polar surface area (TPSA) is 66.5 Å². The van der Waals surface area contributed by atoms with E-state index in [-0.39, 0.29) is 6.04 Å². The first kappa shape index (κ1) is 12.5. The highest BCUT2D eigenvalue weighted by Gasteiger charge is 2.12. The number of benzene rings is 1. The van der Waals surface area contributed by atoms with Crippen LogP contribution in [-0.4, -0.2) is 19.9 Å². The van der Waals surface area contributed by atoms with Crippen LogP contribution < -0.4 is 5.32 Å². The van der Waals surface area contributed by atoms with Crippen molar-refractivity contribution < 1.29 is 8.78 Å². The van der Waals surface area contributed by atoms with Gasteiger partial charge in [0.05, 0.1) is 12.4 Å². The molecule has 0 aliphatic carbocycles. The molecule has 0 aliphatic heterocycles. The highest BCUT2D eigenvalue weighted by molar-refractivity contribution is 5.82. The summed E-state index contributed by atoms with van der Waals surface area (Å²) >= 11 is 0. The summed E-state index contributed by atoms with van der Waals surface area (Å²) in [5.74, 6) is -1.17. The van der Waals surface area contributed by atoms with Gasteiger partial charge in [0.1, 0.15) is 11.8 Å². The van der Waals surface area contributed by atoms with Crippen molar-refractivity contribution in [2.75, 3.05) is 5.32 Å². The van der Waals surface area contributed by atoms with Crippen molar-refractivity contribution in [3.8, 4) is 0 Å². The monoisotopic (exact) mass is 275 g/mol. The predicted molar refractivity (Wildman–Crippen MR) is 70.1 cm³/mol. The number of anilines is 1. The number of hydrogen-bond donors (Lipinski definition) is 2. The molecule has 20 heavy (non-hydrogen) atoms. The summed E-state index contributed by atoms with van der Waals surface area (Å²) < 4.78 is 26.2. The normalized spacial score (nSPS) is 12.6. The number of imidazole rings is 1. The molecule has 0 amide bonds. The zero-order valence-electron chi connectivity index (χ0n) is 10.6. The lowest BCUT2D eigenvalue weighted by molar-refractivity contribution is 0.506. The molecule has 0 fully saturated rings. The van der Waals surface area contributed by atoms with Gasteiger partial charge >= 0.3 is 0 Å². The van der Waals surface area contributed by atoms with Crippen LogP contribution in [0.3, 0.4) is 0 Å². The van der Waals surface area contributed by atoms with Gasteiger partial charge in [0, 0.05) is 0 Å². The second kappa shape index (κ2) is 4.84. The van der Waals surface area contributed by atoms with Gasteiger partial charge in [-0.2, -0.15) is 0 Å². The minimum Gasteiger partial charge on any atom is -0.362 e. The first-order valence-electron chi connectivity index (χ1n) is 6.00. The molecule has 2 heterocycles. The number of halogens is 2. The average molecular weight is 275 g/mol. The Morgan fingerprint density at radius 2 is 2.00 bits per heavy atom. The summed E-state index contributed by atoms with van der Waals surface area (Å²) in [6.07, 6.45) is 2.91. The molecular formula is C13H11F2N5. The van der Waals surface area contributed by atoms with Crippen LogP contribution in [-0.2, 0) is 0 Å². The van der Waals surface area contributed by atoms with Crippen LogP contribution in [0.1, 0.15) is 18.5 Å². The smallest absolute Gasteiger partial charge is 0.182 e. The summed E-state index contributed by atoms with van der Waals surface area (Å²) in [5.41, 5.74) is 1.83. The Balaban J connectivity index is 1.90. The number of H-pyrrole nitrogens is 1. The van der Waals surface area contributed by atoms with Crippen LogP contribution in [0, 0.1) is 11.6 Å². The molecule has 3 rings (SSSR count). The van der Waals surface area contributed by atoms with Crippen molar-refractivity contribution in [1.82, 2.24) is 19.9 Å². The van der Waals surface area contributed by atoms with Gasteiger partial charge in [-0.1, -0.05) is 6.07 Å². The molecule has 0 saturated heterocycles. The van der Waals surface area contributed by atoms with E-state index in [1.54, 1.807) is 0 Å². The standard InChI is InChI=1S/C13H11F2N5/c1-7(8-2-3-9(14)10(15)4-8)20-13-11-12(17-5-16-11)18-6-19-13/h2-7H,1H3,(H2,16,17,18,19,20)/t7-/m0/s1. The van der Waals surface area contributed by atoms with Crippen molar-refractivity contribution in [3.63, 3.8) is 0 Å². The van der Waals surface area contributed by atoms with E-state index in [1.165, 1.54) is 24.8 Å². The van der Waals surface area contributed by atoms with Crippen molar-refractivity contribution in [2.45, 2.75) is 13.0 Å². The molecule has 1 atom stereocenters. The number of aromatic amines is 1. The van der Waals surface area contributed by atoms with Gasteiger partial charge in [0.25, 0.3) is 0 Å². The van der Waals surface area contributed by atoms with Gasteiger partial charge in [0.2, 0.25) is 0 Å². The minimum atomic E-state index is -0.870. The summed E-state index contributed by atoms with van der Waals surface area (Å²) in [5, 5.41) is 3.12. The molecule has 102 valence electrons. The molecule has 0 unspecified atom stereocenters. The molecule has 0 spiro atoms. The summed E-state index contributed by atoms with van der Waals surface area (Å²) in [6.45, 7) is 1.83. The number of nitrogens with one attached hydrogen (secondary N) is 2. The zero-order chi connectivity index (χ0) is 14.1. The van der Waals surface area contributed by atoms with E-state index in [4.69, 9.17) is 0 Å². The molecule has 5 nitrogen and oxygen atoms in total. The highest BCUT2D eigenvalue weighted by atomic mass is 19.2. The summed E-state index contributed by atoms with van der Waals surface area (Å²) in [6, 6.07) is 3.56. The lowest BCUT2D eigenvalue weighted by Gasteiger charge is -2.15. The Morgan fingerprint density at radius 3 is 2.80 bits per heavy atom. The van der Waals surface area contributed by atoms with Crippen molar-refractivity contribution in [3.05, 3.63) is 48.1 Å². The number of fused-ring (bicyclic) bond motifs is 1. The molecule has 7 heteroatoms. The first-order valence-corrected chi connectivity index (χ1v) is 6.00. The molecule has 0 saturated carbocycles. The van der Waals surface area contributed by atoms with E-state index in [1.807, 2.05) is 6.92 Å². The zero-order valence-corrected chi connectivity index (χ0v) is 10.6. The Morgan fingerprint density at radius 1 is 1.15 bits per heavy atom. The number of aromatic nitrogens is 4. The van der Waals surface area contributed by atoms with E-state index in [0.29, 0.717) is 22.5 Å². The lowest BCUT2D eigenvalue weighted by atomic mass is 10.1. The van der Waals surface area contributed by atoms with Crippen molar-refractivity contribution in [2.24, 2.45) is 0 Å². The van der Waals surface area contributed by atoms with Crippen LogP contribution in [0.15, 0.2) is 30.9 Å². The molecule has 2 N–H and O–H groups in total. The van der Waals surface area contributed by atoms with Gasteiger partial charge in [-0.05, 0) is 24.6 Å². The molecular weight excluding hydrogens is 264 g/mol. The van der Waals surface area contributed by atoms with Gasteiger partial charge < -0.3 is 10.3 Å². The molecule has 2 aromatic heterocycles. The van der Waals surface area contributed by atoms with Gasteiger partial charge in [-0.3, -0.25) is 0 Å². The number of nitrogens with zero attached hydrogens (tertiary/aromatic N) is 3. The molecule has 0 radical (unpaired) electrons.